The van der Waals surface area contributed by atoms with Crippen LogP contribution in [-0.4, -0.2) is 25.8 Å². The second-order valence-corrected chi connectivity index (χ2v) is 6.23. The van der Waals surface area contributed by atoms with E-state index in [0.29, 0.717) is 12.5 Å². The van der Waals surface area contributed by atoms with Gasteiger partial charge in [0.25, 0.3) is 0 Å². The maximum absolute atomic E-state index is 13.9. The molecular weight excluding hydrogens is 321 g/mol. The van der Waals surface area contributed by atoms with Crippen LogP contribution in [0.2, 0.25) is 0 Å². The second kappa shape index (κ2) is 6.63. The van der Waals surface area contributed by atoms with Crippen LogP contribution in [0, 0.1) is 5.82 Å². The van der Waals surface area contributed by atoms with Gasteiger partial charge in [0.15, 0.2) is 17.5 Å². The number of benzene rings is 2. The van der Waals surface area contributed by atoms with E-state index in [-0.39, 0.29) is 24.6 Å². The molecule has 4 rings (SSSR count). The largest absolute Gasteiger partial charge is 0.454 e. The Morgan fingerprint density at radius 3 is 2.88 bits per heavy atom. The number of guanidine groups is 1. The van der Waals surface area contributed by atoms with E-state index in [0.717, 1.165) is 29.0 Å². The van der Waals surface area contributed by atoms with Crippen molar-refractivity contribution in [1.82, 2.24) is 10.6 Å². The zero-order valence-electron chi connectivity index (χ0n) is 14.0. The second-order valence-electron chi connectivity index (χ2n) is 6.23. The van der Waals surface area contributed by atoms with Gasteiger partial charge >= 0.3 is 0 Å². The summed E-state index contributed by atoms with van der Waals surface area (Å²) in [4.78, 5) is 4.25. The molecule has 0 bridgehead atoms. The third-order valence-corrected chi connectivity index (χ3v) is 4.54. The van der Waals surface area contributed by atoms with Crippen LogP contribution in [0.25, 0.3) is 0 Å². The fourth-order valence-electron chi connectivity index (χ4n) is 3.08. The van der Waals surface area contributed by atoms with Gasteiger partial charge in [-0.05, 0) is 35.7 Å². The molecule has 0 radical (unpaired) electrons. The molecule has 1 saturated carbocycles. The Kier molecular flexibility index (Phi) is 4.17. The average molecular weight is 341 g/mol. The highest BCUT2D eigenvalue weighted by Gasteiger charge is 2.40. The molecule has 0 amide bonds. The summed E-state index contributed by atoms with van der Waals surface area (Å²) >= 11 is 0. The van der Waals surface area contributed by atoms with E-state index in [1.165, 1.54) is 6.07 Å². The van der Waals surface area contributed by atoms with Crippen LogP contribution < -0.4 is 20.1 Å². The highest BCUT2D eigenvalue weighted by Crippen LogP contribution is 2.41. The molecular formula is C19H20FN3O2. The van der Waals surface area contributed by atoms with Crippen LogP contribution in [0.1, 0.15) is 23.5 Å². The predicted octanol–water partition coefficient (Wildman–Crippen LogP) is 2.78. The van der Waals surface area contributed by atoms with Crippen LogP contribution in [-0.2, 0) is 6.54 Å². The van der Waals surface area contributed by atoms with Crippen molar-refractivity contribution in [2.45, 2.75) is 24.9 Å². The van der Waals surface area contributed by atoms with E-state index in [2.05, 4.69) is 15.6 Å². The van der Waals surface area contributed by atoms with Gasteiger partial charge in [-0.1, -0.05) is 24.3 Å². The zero-order valence-corrected chi connectivity index (χ0v) is 14.0. The third-order valence-electron chi connectivity index (χ3n) is 4.54. The number of hydrogen-bond donors (Lipinski definition) is 2. The third kappa shape index (κ3) is 3.38. The summed E-state index contributed by atoms with van der Waals surface area (Å²) in [5.41, 5.74) is 1.85. The minimum Gasteiger partial charge on any atom is -0.454 e. The maximum Gasteiger partial charge on any atom is 0.231 e. The molecule has 25 heavy (non-hydrogen) atoms. The zero-order chi connectivity index (χ0) is 17.2. The summed E-state index contributed by atoms with van der Waals surface area (Å²) in [6, 6.07) is 13.0. The Morgan fingerprint density at radius 2 is 2.04 bits per heavy atom. The number of nitrogens with zero attached hydrogens (tertiary/aromatic N) is 1. The lowest BCUT2D eigenvalue weighted by atomic mass is 10.1. The number of ether oxygens (including phenoxy) is 2. The SMILES string of the molecule is CN=C(NCc1ccc2c(c1)OCO2)NC1CC1c1ccccc1F. The quantitative estimate of drug-likeness (QED) is 0.663. The van der Waals surface area contributed by atoms with Crippen LogP contribution in [0.4, 0.5) is 4.39 Å². The molecule has 1 aliphatic carbocycles. The minimum atomic E-state index is -0.139. The van der Waals surface area contributed by atoms with E-state index in [9.17, 15) is 4.39 Å². The van der Waals surface area contributed by atoms with Gasteiger partial charge in [-0.3, -0.25) is 4.99 Å². The summed E-state index contributed by atoms with van der Waals surface area (Å²) in [5, 5.41) is 6.64. The lowest BCUT2D eigenvalue weighted by Crippen LogP contribution is -2.38. The number of halogens is 1. The fraction of sp³-hybridized carbons (Fsp3) is 0.316. The molecule has 2 atom stereocenters. The lowest BCUT2D eigenvalue weighted by Gasteiger charge is -2.12. The number of rotatable bonds is 4. The normalized spacial score (nSPS) is 21.1. The molecule has 2 aromatic carbocycles. The molecule has 6 heteroatoms. The highest BCUT2D eigenvalue weighted by molar-refractivity contribution is 5.80. The molecule has 130 valence electrons. The van der Waals surface area contributed by atoms with Crippen molar-refractivity contribution in [2.75, 3.05) is 13.8 Å². The van der Waals surface area contributed by atoms with Crippen molar-refractivity contribution in [1.29, 1.82) is 0 Å². The van der Waals surface area contributed by atoms with Crippen LogP contribution in [0.15, 0.2) is 47.5 Å². The van der Waals surface area contributed by atoms with Gasteiger partial charge in [0.2, 0.25) is 6.79 Å². The summed E-state index contributed by atoms with van der Waals surface area (Å²) in [6.45, 7) is 0.891. The van der Waals surface area contributed by atoms with Gasteiger partial charge in [-0.2, -0.15) is 0 Å². The Balaban J connectivity index is 1.33. The maximum atomic E-state index is 13.9. The van der Waals surface area contributed by atoms with Gasteiger partial charge < -0.3 is 20.1 Å². The number of fused-ring (bicyclic) bond motifs is 1. The first kappa shape index (κ1) is 15.7. The van der Waals surface area contributed by atoms with E-state index in [1.807, 2.05) is 30.3 Å². The smallest absolute Gasteiger partial charge is 0.231 e. The summed E-state index contributed by atoms with van der Waals surface area (Å²) < 4.78 is 24.6. The molecule has 2 unspecified atom stereocenters. The Hall–Kier alpha value is -2.76. The van der Waals surface area contributed by atoms with E-state index < -0.39 is 0 Å². The first-order valence-corrected chi connectivity index (χ1v) is 8.35. The summed E-state index contributed by atoms with van der Waals surface area (Å²) in [6.07, 6.45) is 0.908. The van der Waals surface area contributed by atoms with Crippen molar-refractivity contribution >= 4 is 5.96 Å². The number of aliphatic imine (C=N–C) groups is 1. The number of hydrogen-bond acceptors (Lipinski definition) is 3. The molecule has 1 heterocycles. The Bertz CT molecular complexity index is 809. The van der Waals surface area contributed by atoms with Crippen LogP contribution >= 0.6 is 0 Å². The molecule has 1 fully saturated rings. The first-order valence-electron chi connectivity index (χ1n) is 8.35. The fourth-order valence-corrected chi connectivity index (χ4v) is 3.08. The lowest BCUT2D eigenvalue weighted by molar-refractivity contribution is 0.174. The minimum absolute atomic E-state index is 0.139. The van der Waals surface area contributed by atoms with Crippen molar-refractivity contribution in [3.8, 4) is 11.5 Å². The molecule has 2 N–H and O–H groups in total. The van der Waals surface area contributed by atoms with Gasteiger partial charge in [0.1, 0.15) is 5.82 Å². The molecule has 5 nitrogen and oxygen atoms in total. The van der Waals surface area contributed by atoms with E-state index >= 15 is 0 Å². The molecule has 1 aliphatic heterocycles. The van der Waals surface area contributed by atoms with Crippen molar-refractivity contribution in [3.63, 3.8) is 0 Å². The summed E-state index contributed by atoms with van der Waals surface area (Å²) in [5.74, 6) is 2.31. The molecule has 0 aromatic heterocycles. The van der Waals surface area contributed by atoms with Crippen molar-refractivity contribution in [2.24, 2.45) is 4.99 Å². The van der Waals surface area contributed by atoms with Crippen LogP contribution in [0.5, 0.6) is 11.5 Å². The van der Waals surface area contributed by atoms with E-state index in [1.54, 1.807) is 13.1 Å². The molecule has 0 saturated heterocycles. The van der Waals surface area contributed by atoms with Gasteiger partial charge in [0.05, 0.1) is 0 Å². The average Bonchev–Trinajstić information content (AvgIpc) is 3.23. The highest BCUT2D eigenvalue weighted by atomic mass is 19.1. The molecule has 2 aliphatic rings. The standard InChI is InChI=1S/C19H20FN3O2/c1-21-19(22-10-12-6-7-17-18(8-12)25-11-24-17)23-16-9-14(16)13-4-2-3-5-15(13)20/h2-8,14,16H,9-11H2,1H3,(H2,21,22,23). The first-order chi connectivity index (χ1) is 12.2. The Morgan fingerprint density at radius 1 is 1.20 bits per heavy atom. The van der Waals surface area contributed by atoms with Gasteiger partial charge in [0, 0.05) is 25.6 Å². The van der Waals surface area contributed by atoms with Crippen molar-refractivity contribution < 1.29 is 13.9 Å². The monoisotopic (exact) mass is 341 g/mol. The topological polar surface area (TPSA) is 54.9 Å². The van der Waals surface area contributed by atoms with Gasteiger partial charge in [-0.25, -0.2) is 4.39 Å². The summed E-state index contributed by atoms with van der Waals surface area (Å²) in [7, 11) is 1.73. The van der Waals surface area contributed by atoms with Crippen molar-refractivity contribution in [3.05, 3.63) is 59.4 Å². The Labute approximate surface area is 145 Å². The van der Waals surface area contributed by atoms with Crippen LogP contribution in [0.3, 0.4) is 0 Å². The molecule has 0 spiro atoms. The predicted molar refractivity (Wildman–Crippen MR) is 93.4 cm³/mol. The van der Waals surface area contributed by atoms with E-state index in [4.69, 9.17) is 9.47 Å². The number of nitrogens with one attached hydrogen (secondary N) is 2. The van der Waals surface area contributed by atoms with Gasteiger partial charge in [-0.15, -0.1) is 0 Å². The molecule has 2 aromatic rings.